The van der Waals surface area contributed by atoms with Crippen LogP contribution in [0.4, 0.5) is 0 Å². The Labute approximate surface area is 178 Å². The zero-order valence-electron chi connectivity index (χ0n) is 18.2. The number of nitrogens with one attached hydrogen (secondary N) is 3. The van der Waals surface area contributed by atoms with Crippen molar-refractivity contribution in [3.05, 3.63) is 0 Å². The lowest BCUT2D eigenvalue weighted by Gasteiger charge is -2.30. The summed E-state index contributed by atoms with van der Waals surface area (Å²) in [5, 5.41) is 26.8. The molecule has 1 aliphatic carbocycles. The fraction of sp³-hybridized carbons (Fsp3) is 0.773. The molecule has 8 heteroatoms. The van der Waals surface area contributed by atoms with Crippen LogP contribution in [0.3, 0.4) is 0 Å². The number of nitrogens with zero attached hydrogens (tertiary/aromatic N) is 2. The summed E-state index contributed by atoms with van der Waals surface area (Å²) >= 11 is 0. The Morgan fingerprint density at radius 1 is 1.13 bits per heavy atom. The highest BCUT2D eigenvalue weighted by molar-refractivity contribution is 5.89. The number of amides is 3. The van der Waals surface area contributed by atoms with E-state index in [0.717, 1.165) is 0 Å². The molecule has 1 saturated heterocycles. The summed E-state index contributed by atoms with van der Waals surface area (Å²) in [5.74, 6) is -1.11. The van der Waals surface area contributed by atoms with Crippen LogP contribution in [-0.2, 0) is 14.4 Å². The predicted molar refractivity (Wildman–Crippen MR) is 110 cm³/mol. The molecule has 0 unspecified atom stereocenters. The maximum atomic E-state index is 12.9. The third-order valence-corrected chi connectivity index (χ3v) is 5.89. The lowest BCUT2D eigenvalue weighted by atomic mass is 9.81. The van der Waals surface area contributed by atoms with Crippen molar-refractivity contribution in [2.75, 3.05) is 6.54 Å². The number of carbonyl (C=O) groups excluding carboxylic acids is 3. The first kappa shape index (κ1) is 23.7. The molecule has 8 nitrogen and oxygen atoms in total. The minimum Gasteiger partial charge on any atom is -0.356 e. The van der Waals surface area contributed by atoms with Crippen molar-refractivity contribution >= 4 is 17.7 Å². The predicted octanol–water partition coefficient (Wildman–Crippen LogP) is 1.77. The van der Waals surface area contributed by atoms with Crippen molar-refractivity contribution < 1.29 is 14.4 Å². The average molecular weight is 416 g/mol. The Hall–Kier alpha value is -2.61. The van der Waals surface area contributed by atoms with Gasteiger partial charge in [-0.05, 0) is 50.4 Å². The molecule has 30 heavy (non-hydrogen) atoms. The molecule has 0 bridgehead atoms. The van der Waals surface area contributed by atoms with Gasteiger partial charge >= 0.3 is 0 Å². The molecule has 0 spiro atoms. The Morgan fingerprint density at radius 2 is 1.80 bits per heavy atom. The van der Waals surface area contributed by atoms with E-state index in [-0.39, 0.29) is 41.4 Å². The normalized spacial score (nSPS) is 25.9. The number of hydrogen-bond donors (Lipinski definition) is 3. The van der Waals surface area contributed by atoms with Crippen molar-refractivity contribution in [1.82, 2.24) is 16.0 Å². The van der Waals surface area contributed by atoms with Crippen molar-refractivity contribution in [3.8, 4) is 12.1 Å². The second-order valence-electron chi connectivity index (χ2n) is 9.71. The second kappa shape index (κ2) is 10.4. The van der Waals surface area contributed by atoms with E-state index < -0.39 is 18.0 Å². The number of nitriles is 2. The molecule has 1 aliphatic heterocycles. The maximum absolute atomic E-state index is 12.9. The molecule has 3 atom stereocenters. The monoisotopic (exact) mass is 415 g/mol. The fourth-order valence-electron chi connectivity index (χ4n) is 4.17. The topological polar surface area (TPSA) is 135 Å². The lowest BCUT2D eigenvalue weighted by molar-refractivity contribution is -0.132. The first-order chi connectivity index (χ1) is 14.1. The van der Waals surface area contributed by atoms with Crippen LogP contribution in [0.25, 0.3) is 0 Å². The zero-order chi connectivity index (χ0) is 22.3. The van der Waals surface area contributed by atoms with Gasteiger partial charge in [0.1, 0.15) is 12.1 Å². The standard InChI is InChI=1S/C22H33N5O3/c1-22(2,3)11-18(27-20(29)15-6-4-14(12-23)5-7-15)21(30)26-17(13-24)10-16-8-9-25-19(16)28/h14-18H,4-11H2,1-3H3,(H,25,28)(H,26,30)(H,27,29)/t14?,15?,16-,17+,18-/m0/s1. The van der Waals surface area contributed by atoms with Crippen LogP contribution in [0.5, 0.6) is 0 Å². The average Bonchev–Trinajstić information content (AvgIpc) is 3.10. The minimum absolute atomic E-state index is 0.00638. The number of carbonyl (C=O) groups is 3. The van der Waals surface area contributed by atoms with Gasteiger partial charge in [0.2, 0.25) is 17.7 Å². The number of hydrogen-bond acceptors (Lipinski definition) is 5. The van der Waals surface area contributed by atoms with Gasteiger partial charge in [-0.2, -0.15) is 10.5 Å². The van der Waals surface area contributed by atoms with Gasteiger partial charge in [-0.3, -0.25) is 14.4 Å². The van der Waals surface area contributed by atoms with Crippen molar-refractivity contribution in [2.45, 2.75) is 77.8 Å². The van der Waals surface area contributed by atoms with Crippen LogP contribution in [0.1, 0.15) is 65.7 Å². The zero-order valence-corrected chi connectivity index (χ0v) is 18.2. The molecule has 3 N–H and O–H groups in total. The molecule has 1 saturated carbocycles. The van der Waals surface area contributed by atoms with Crippen LogP contribution in [0, 0.1) is 45.8 Å². The van der Waals surface area contributed by atoms with E-state index in [1.165, 1.54) is 0 Å². The third kappa shape index (κ3) is 7.02. The molecule has 0 aromatic carbocycles. The molecule has 3 amide bonds. The quantitative estimate of drug-likeness (QED) is 0.582. The summed E-state index contributed by atoms with van der Waals surface area (Å²) in [6.07, 6.45) is 4.04. The summed E-state index contributed by atoms with van der Waals surface area (Å²) in [7, 11) is 0. The van der Waals surface area contributed by atoms with Gasteiger partial charge in [0.25, 0.3) is 0 Å². The summed E-state index contributed by atoms with van der Waals surface area (Å²) in [6, 6.07) is 2.80. The largest absolute Gasteiger partial charge is 0.356 e. The first-order valence-electron chi connectivity index (χ1n) is 10.8. The highest BCUT2D eigenvalue weighted by Crippen LogP contribution is 2.29. The molecular weight excluding hydrogens is 382 g/mol. The van der Waals surface area contributed by atoms with Gasteiger partial charge in [-0.1, -0.05) is 20.8 Å². The van der Waals surface area contributed by atoms with Gasteiger partial charge in [0.15, 0.2) is 0 Å². The van der Waals surface area contributed by atoms with Gasteiger partial charge in [-0.15, -0.1) is 0 Å². The molecular formula is C22H33N5O3. The molecule has 0 aromatic heterocycles. The van der Waals surface area contributed by atoms with Crippen LogP contribution in [-0.4, -0.2) is 36.3 Å². The van der Waals surface area contributed by atoms with Crippen LogP contribution in [0.15, 0.2) is 0 Å². The van der Waals surface area contributed by atoms with Crippen molar-refractivity contribution in [3.63, 3.8) is 0 Å². The molecule has 2 rings (SSSR count). The van der Waals surface area contributed by atoms with E-state index in [2.05, 4.69) is 28.1 Å². The van der Waals surface area contributed by atoms with E-state index in [4.69, 9.17) is 5.26 Å². The van der Waals surface area contributed by atoms with E-state index in [0.29, 0.717) is 45.1 Å². The Balaban J connectivity index is 1.99. The van der Waals surface area contributed by atoms with Gasteiger partial charge in [-0.25, -0.2) is 0 Å². The maximum Gasteiger partial charge on any atom is 0.243 e. The summed E-state index contributed by atoms with van der Waals surface area (Å²) in [6.45, 7) is 6.55. The third-order valence-electron chi connectivity index (χ3n) is 5.89. The highest BCUT2D eigenvalue weighted by Gasteiger charge is 2.33. The molecule has 164 valence electrons. The molecule has 0 radical (unpaired) electrons. The molecule has 2 fully saturated rings. The SMILES string of the molecule is CC(C)(C)C[C@H](NC(=O)C1CCC(C#N)CC1)C(=O)N[C@@H](C#N)C[C@@H]1CCNC1=O. The Bertz CT molecular complexity index is 723. The first-order valence-corrected chi connectivity index (χ1v) is 10.8. The molecule has 1 heterocycles. The van der Waals surface area contributed by atoms with E-state index in [1.54, 1.807) is 0 Å². The lowest BCUT2D eigenvalue weighted by Crippen LogP contribution is -2.52. The second-order valence-corrected chi connectivity index (χ2v) is 9.71. The van der Waals surface area contributed by atoms with E-state index in [1.807, 2.05) is 20.8 Å². The molecule has 2 aliphatic rings. The smallest absolute Gasteiger partial charge is 0.243 e. The summed E-state index contributed by atoms with van der Waals surface area (Å²) < 4.78 is 0. The fourth-order valence-corrected chi connectivity index (χ4v) is 4.17. The van der Waals surface area contributed by atoms with Crippen LogP contribution < -0.4 is 16.0 Å². The highest BCUT2D eigenvalue weighted by atomic mass is 16.2. The van der Waals surface area contributed by atoms with Crippen LogP contribution >= 0.6 is 0 Å². The summed E-state index contributed by atoms with van der Waals surface area (Å²) in [5.41, 5.74) is -0.207. The van der Waals surface area contributed by atoms with E-state index in [9.17, 15) is 19.6 Å². The van der Waals surface area contributed by atoms with Gasteiger partial charge < -0.3 is 16.0 Å². The van der Waals surface area contributed by atoms with Crippen molar-refractivity contribution in [2.24, 2.45) is 23.2 Å². The minimum atomic E-state index is -0.781. The van der Waals surface area contributed by atoms with Crippen LogP contribution in [0.2, 0.25) is 0 Å². The van der Waals surface area contributed by atoms with Crippen molar-refractivity contribution in [1.29, 1.82) is 10.5 Å². The summed E-state index contributed by atoms with van der Waals surface area (Å²) in [4.78, 5) is 37.5. The number of rotatable bonds is 7. The Kier molecular flexibility index (Phi) is 8.23. The van der Waals surface area contributed by atoms with Gasteiger partial charge in [0, 0.05) is 24.3 Å². The van der Waals surface area contributed by atoms with E-state index >= 15 is 0 Å². The Morgan fingerprint density at radius 3 is 2.30 bits per heavy atom. The van der Waals surface area contributed by atoms with Gasteiger partial charge in [0.05, 0.1) is 12.1 Å². The molecule has 0 aromatic rings.